The van der Waals surface area contributed by atoms with Crippen molar-refractivity contribution in [3.8, 4) is 5.75 Å². The van der Waals surface area contributed by atoms with E-state index in [1.54, 1.807) is 24.5 Å². The van der Waals surface area contributed by atoms with Gasteiger partial charge in [-0.3, -0.25) is 4.79 Å². The monoisotopic (exact) mass is 720 g/mol. The summed E-state index contributed by atoms with van der Waals surface area (Å²) >= 11 is 6.10. The van der Waals surface area contributed by atoms with Crippen LogP contribution in [-0.2, 0) is 22.4 Å². The van der Waals surface area contributed by atoms with Gasteiger partial charge in [0.15, 0.2) is 6.61 Å². The smallest absolute Gasteiger partial charge is 0.344 e. The first kappa shape index (κ1) is 26.8. The number of halogens is 2. The molecule has 35 heavy (non-hydrogen) atoms. The number of aliphatic imine (C=N–C) groups is 1. The van der Waals surface area contributed by atoms with Crippen molar-refractivity contribution in [2.45, 2.75) is 70.8 Å². The van der Waals surface area contributed by atoms with E-state index in [1.807, 2.05) is 12.1 Å². The first-order valence-corrected chi connectivity index (χ1v) is 15.2. The zero-order valence-electron chi connectivity index (χ0n) is 19.8. The second-order valence-corrected chi connectivity index (χ2v) is 12.3. The minimum Gasteiger partial charge on any atom is -0.480 e. The summed E-state index contributed by atoms with van der Waals surface area (Å²) < 4.78 is 12.8. The molecule has 1 aromatic heterocycles. The molecule has 0 spiro atoms. The summed E-state index contributed by atoms with van der Waals surface area (Å²) in [4.78, 5) is 31.4. The van der Waals surface area contributed by atoms with Crippen molar-refractivity contribution in [1.29, 1.82) is 0 Å². The Labute approximate surface area is 237 Å². The molecular weight excluding hydrogens is 690 g/mol. The number of thiophene rings is 1. The molecule has 0 unspecified atom stereocenters. The van der Waals surface area contributed by atoms with Gasteiger partial charge in [0.25, 0.3) is 5.91 Å². The summed E-state index contributed by atoms with van der Waals surface area (Å²) in [7, 11) is 0. The Balaban J connectivity index is 1.63. The number of carbonyl (C=O) groups is 2. The average Bonchev–Trinajstić information content (AvgIpc) is 3.21. The highest BCUT2D eigenvalue weighted by molar-refractivity contribution is 14.1. The van der Waals surface area contributed by atoms with Crippen LogP contribution in [-0.4, -0.2) is 37.3 Å². The molecule has 2 aliphatic rings. The Kier molecular flexibility index (Phi) is 9.85. The maximum Gasteiger partial charge on any atom is 0.344 e. The topological polar surface area (TPSA) is 77.0 Å². The highest BCUT2D eigenvalue weighted by atomic mass is 127. The molecule has 188 valence electrons. The van der Waals surface area contributed by atoms with Gasteiger partial charge in [-0.15, -0.1) is 11.3 Å². The molecule has 4 rings (SSSR count). The van der Waals surface area contributed by atoms with Crippen LogP contribution in [0.25, 0.3) is 0 Å². The zero-order valence-corrected chi connectivity index (χ0v) is 25.0. The average molecular weight is 720 g/mol. The molecule has 0 bridgehead atoms. The summed E-state index contributed by atoms with van der Waals surface area (Å²) in [5.74, 6) is 0.203. The van der Waals surface area contributed by atoms with E-state index >= 15 is 0 Å². The van der Waals surface area contributed by atoms with Crippen LogP contribution in [0.2, 0.25) is 0 Å². The molecule has 0 saturated heterocycles. The van der Waals surface area contributed by atoms with Crippen molar-refractivity contribution in [3.63, 3.8) is 0 Å². The minimum atomic E-state index is -0.405. The summed E-state index contributed by atoms with van der Waals surface area (Å²) in [6.07, 6.45) is 11.7. The second-order valence-electron chi connectivity index (χ2n) is 8.86. The number of esters is 1. The molecule has 0 atom stereocenters. The molecule has 1 amide bonds. The maximum atomic E-state index is 13.4. The van der Waals surface area contributed by atoms with E-state index in [0.717, 1.165) is 61.8 Å². The predicted octanol–water partition coefficient (Wildman–Crippen LogP) is 6.59. The van der Waals surface area contributed by atoms with E-state index in [2.05, 4.69) is 50.5 Å². The molecular formula is C26H30I2N2O4S. The van der Waals surface area contributed by atoms with Gasteiger partial charge in [0, 0.05) is 26.3 Å². The molecule has 1 aromatic carbocycles. The number of ether oxygens (including phenoxy) is 2. The predicted molar refractivity (Wildman–Crippen MR) is 157 cm³/mol. The third-order valence-corrected chi connectivity index (χ3v) is 8.94. The lowest BCUT2D eigenvalue weighted by Crippen LogP contribution is -2.36. The molecule has 0 radical (unpaired) electrons. The van der Waals surface area contributed by atoms with Crippen molar-refractivity contribution >= 4 is 79.6 Å². The SMILES string of the molecule is CCOC(=O)COc1c(I)cc(I)cc1C=Nc1sc2c(c1C(=O)NC1CCCCC1)CCCC2. The van der Waals surface area contributed by atoms with Gasteiger partial charge in [-0.2, -0.15) is 0 Å². The van der Waals surface area contributed by atoms with Gasteiger partial charge >= 0.3 is 5.97 Å². The van der Waals surface area contributed by atoms with Crippen LogP contribution in [0.15, 0.2) is 17.1 Å². The van der Waals surface area contributed by atoms with Gasteiger partial charge in [-0.25, -0.2) is 9.79 Å². The number of amides is 1. The number of carbonyl (C=O) groups excluding carboxylic acids is 2. The fourth-order valence-corrected chi connectivity index (χ4v) is 7.95. The molecule has 2 aliphatic carbocycles. The normalized spacial score (nSPS) is 16.2. The lowest BCUT2D eigenvalue weighted by atomic mass is 9.93. The molecule has 6 nitrogen and oxygen atoms in total. The first-order valence-electron chi connectivity index (χ1n) is 12.2. The maximum absolute atomic E-state index is 13.4. The molecule has 9 heteroatoms. The van der Waals surface area contributed by atoms with Gasteiger partial charge in [0.1, 0.15) is 10.8 Å². The fraction of sp³-hybridized carbons (Fsp3) is 0.500. The molecule has 1 saturated carbocycles. The number of rotatable bonds is 8. The van der Waals surface area contributed by atoms with E-state index in [0.29, 0.717) is 12.4 Å². The highest BCUT2D eigenvalue weighted by Crippen LogP contribution is 2.40. The number of hydrogen-bond acceptors (Lipinski definition) is 6. The van der Waals surface area contributed by atoms with Crippen LogP contribution < -0.4 is 10.1 Å². The lowest BCUT2D eigenvalue weighted by molar-refractivity contribution is -0.145. The molecule has 1 fully saturated rings. The van der Waals surface area contributed by atoms with Crippen molar-refractivity contribution < 1.29 is 19.1 Å². The van der Waals surface area contributed by atoms with Gasteiger partial charge in [0.2, 0.25) is 0 Å². The molecule has 1 N–H and O–H groups in total. The number of benzene rings is 1. The highest BCUT2D eigenvalue weighted by Gasteiger charge is 2.27. The van der Waals surface area contributed by atoms with Gasteiger partial charge in [0.05, 0.1) is 15.7 Å². The van der Waals surface area contributed by atoms with Crippen LogP contribution >= 0.6 is 56.5 Å². The van der Waals surface area contributed by atoms with Crippen molar-refractivity contribution in [1.82, 2.24) is 5.32 Å². The second kappa shape index (κ2) is 12.8. The van der Waals surface area contributed by atoms with E-state index < -0.39 is 5.97 Å². The van der Waals surface area contributed by atoms with Crippen molar-refractivity contribution in [2.75, 3.05) is 13.2 Å². The van der Waals surface area contributed by atoms with Gasteiger partial charge in [-0.1, -0.05) is 19.3 Å². The lowest BCUT2D eigenvalue weighted by Gasteiger charge is -2.23. The zero-order chi connectivity index (χ0) is 24.8. The molecule has 1 heterocycles. The molecule has 0 aliphatic heterocycles. The summed E-state index contributed by atoms with van der Waals surface area (Å²) in [6.45, 7) is 1.93. The molecule has 2 aromatic rings. The van der Waals surface area contributed by atoms with Gasteiger partial charge in [-0.05, 0) is 108 Å². The Hall–Kier alpha value is -1.21. The van der Waals surface area contributed by atoms with Crippen molar-refractivity contribution in [3.05, 3.63) is 40.8 Å². The largest absolute Gasteiger partial charge is 0.480 e. The first-order chi connectivity index (χ1) is 17.0. The van der Waals surface area contributed by atoms with E-state index in [4.69, 9.17) is 14.5 Å². The standard InChI is InChI=1S/C26H30I2N2O4S/c1-2-33-22(31)15-34-24-16(12-17(27)13-20(24)28)14-29-26-23(19-10-6-7-11-21(19)35-26)25(32)30-18-8-4-3-5-9-18/h12-14,18H,2-11,15H2,1H3,(H,30,32). The van der Waals surface area contributed by atoms with E-state index in [-0.39, 0.29) is 18.6 Å². The Morgan fingerprint density at radius 1 is 1.14 bits per heavy atom. The van der Waals surface area contributed by atoms with Crippen LogP contribution in [0, 0.1) is 7.14 Å². The number of fused-ring (bicyclic) bond motifs is 1. The van der Waals surface area contributed by atoms with Crippen LogP contribution in [0.5, 0.6) is 5.75 Å². The number of nitrogens with zero attached hydrogens (tertiary/aromatic N) is 1. The Morgan fingerprint density at radius 2 is 1.91 bits per heavy atom. The van der Waals surface area contributed by atoms with E-state index in [1.165, 1.54) is 29.7 Å². The third kappa shape index (κ3) is 6.97. The van der Waals surface area contributed by atoms with Crippen LogP contribution in [0.4, 0.5) is 5.00 Å². The van der Waals surface area contributed by atoms with Crippen molar-refractivity contribution in [2.24, 2.45) is 4.99 Å². The van der Waals surface area contributed by atoms with Crippen LogP contribution in [0.3, 0.4) is 0 Å². The van der Waals surface area contributed by atoms with Crippen LogP contribution in [0.1, 0.15) is 78.2 Å². The van der Waals surface area contributed by atoms with Gasteiger partial charge < -0.3 is 14.8 Å². The minimum absolute atomic E-state index is 0.0134. The fourth-order valence-electron chi connectivity index (χ4n) is 4.67. The summed E-state index contributed by atoms with van der Waals surface area (Å²) in [5, 5.41) is 4.06. The Morgan fingerprint density at radius 3 is 2.69 bits per heavy atom. The van der Waals surface area contributed by atoms with E-state index in [9.17, 15) is 9.59 Å². The quantitative estimate of drug-likeness (QED) is 0.190. The third-order valence-electron chi connectivity index (χ3n) is 6.32. The number of aryl methyl sites for hydroxylation is 1. The summed E-state index contributed by atoms with van der Waals surface area (Å²) in [6, 6.07) is 4.22. The summed E-state index contributed by atoms with van der Waals surface area (Å²) in [5.41, 5.74) is 2.70. The number of hydrogen-bond donors (Lipinski definition) is 1. The Bertz CT molecular complexity index is 1110. The number of nitrogens with one attached hydrogen (secondary N) is 1.